The molecule has 0 amide bonds. The van der Waals surface area contributed by atoms with Gasteiger partial charge in [0.25, 0.3) is 0 Å². The number of anilines is 1. The Morgan fingerprint density at radius 2 is 1.89 bits per heavy atom. The highest BCUT2D eigenvalue weighted by Gasteiger charge is 2.34. The molecule has 28 heavy (non-hydrogen) atoms. The minimum Gasteiger partial charge on any atom is -0.493 e. The minimum absolute atomic E-state index is 0.0406. The summed E-state index contributed by atoms with van der Waals surface area (Å²) in [5.74, 6) is 2.38. The molecule has 0 aliphatic carbocycles. The van der Waals surface area contributed by atoms with Gasteiger partial charge in [-0.05, 0) is 46.7 Å². The van der Waals surface area contributed by atoms with Crippen molar-refractivity contribution < 1.29 is 14.2 Å². The number of fused-ring (bicyclic) bond motifs is 1. The van der Waals surface area contributed by atoms with Crippen LogP contribution in [0.4, 0.5) is 5.95 Å². The monoisotopic (exact) mass is 445 g/mol. The lowest BCUT2D eigenvalue weighted by Crippen LogP contribution is -2.28. The summed E-state index contributed by atoms with van der Waals surface area (Å²) in [4.78, 5) is 0. The van der Waals surface area contributed by atoms with E-state index in [-0.39, 0.29) is 12.1 Å². The van der Waals surface area contributed by atoms with E-state index in [0.717, 1.165) is 22.0 Å². The molecule has 1 aliphatic rings. The fourth-order valence-corrected chi connectivity index (χ4v) is 4.04. The molecule has 9 heteroatoms. The van der Waals surface area contributed by atoms with Crippen molar-refractivity contribution in [3.8, 4) is 17.2 Å². The van der Waals surface area contributed by atoms with Crippen molar-refractivity contribution >= 4 is 21.9 Å². The molecule has 1 aromatic heterocycles. The summed E-state index contributed by atoms with van der Waals surface area (Å²) >= 11 is 3.55. The third-order valence-electron chi connectivity index (χ3n) is 4.90. The molecule has 8 nitrogen and oxygen atoms in total. The molecule has 1 N–H and O–H groups in total. The molecule has 4 rings (SSSR count). The largest absolute Gasteiger partial charge is 0.493 e. The predicted molar refractivity (Wildman–Crippen MR) is 107 cm³/mol. The van der Waals surface area contributed by atoms with Gasteiger partial charge in [0.05, 0.1) is 33.4 Å². The van der Waals surface area contributed by atoms with Crippen LogP contribution in [0.3, 0.4) is 0 Å². The van der Waals surface area contributed by atoms with E-state index in [9.17, 15) is 0 Å². The van der Waals surface area contributed by atoms with E-state index < -0.39 is 0 Å². The second-order valence-corrected chi connectivity index (χ2v) is 7.29. The van der Waals surface area contributed by atoms with Crippen molar-refractivity contribution in [2.24, 2.45) is 0 Å². The fourth-order valence-electron chi connectivity index (χ4n) is 3.62. The van der Waals surface area contributed by atoms with Crippen molar-refractivity contribution in [3.63, 3.8) is 0 Å². The van der Waals surface area contributed by atoms with Crippen LogP contribution < -0.4 is 19.5 Å². The van der Waals surface area contributed by atoms with Gasteiger partial charge < -0.3 is 19.5 Å². The Morgan fingerprint density at radius 3 is 2.61 bits per heavy atom. The highest BCUT2D eigenvalue weighted by molar-refractivity contribution is 9.10. The molecule has 0 radical (unpaired) electrons. The molecule has 1 aliphatic heterocycles. The zero-order chi connectivity index (χ0) is 19.7. The maximum atomic E-state index is 5.70. The first-order valence-corrected chi connectivity index (χ1v) is 9.54. The van der Waals surface area contributed by atoms with Gasteiger partial charge in [-0.2, -0.15) is 0 Å². The number of aromatic nitrogens is 4. The topological polar surface area (TPSA) is 83.3 Å². The predicted octanol–water partition coefficient (Wildman–Crippen LogP) is 3.61. The molecule has 0 fully saturated rings. The van der Waals surface area contributed by atoms with E-state index >= 15 is 0 Å². The highest BCUT2D eigenvalue weighted by Crippen LogP contribution is 2.46. The van der Waals surface area contributed by atoms with Gasteiger partial charge in [-0.3, -0.25) is 0 Å². The second kappa shape index (κ2) is 7.67. The van der Waals surface area contributed by atoms with Crippen LogP contribution in [-0.2, 0) is 0 Å². The first-order valence-electron chi connectivity index (χ1n) is 8.75. The first kappa shape index (κ1) is 18.5. The molecular formula is C19H20BrN5O3. The molecule has 0 bridgehead atoms. The zero-order valence-corrected chi connectivity index (χ0v) is 17.3. The number of rotatable bonds is 5. The van der Waals surface area contributed by atoms with Crippen molar-refractivity contribution in [2.75, 3.05) is 26.6 Å². The quantitative estimate of drug-likeness (QED) is 0.641. The Bertz CT molecular complexity index is 993. The van der Waals surface area contributed by atoms with Crippen LogP contribution in [0, 0.1) is 0 Å². The van der Waals surface area contributed by atoms with Crippen LogP contribution in [-0.4, -0.2) is 41.5 Å². The summed E-state index contributed by atoms with van der Waals surface area (Å²) in [6.45, 7) is 0. The maximum Gasteiger partial charge on any atom is 0.243 e. The number of benzene rings is 2. The van der Waals surface area contributed by atoms with Crippen molar-refractivity contribution in [3.05, 3.63) is 52.0 Å². The Morgan fingerprint density at radius 1 is 1.07 bits per heavy atom. The van der Waals surface area contributed by atoms with Crippen LogP contribution >= 0.6 is 15.9 Å². The average molecular weight is 446 g/mol. The molecule has 2 heterocycles. The first-order chi connectivity index (χ1) is 13.7. The number of tetrazole rings is 1. The van der Waals surface area contributed by atoms with Crippen molar-refractivity contribution in [2.45, 2.75) is 18.5 Å². The van der Waals surface area contributed by atoms with E-state index in [1.54, 1.807) is 26.0 Å². The van der Waals surface area contributed by atoms with Gasteiger partial charge in [0.1, 0.15) is 0 Å². The number of nitrogens with one attached hydrogen (secondary N) is 1. The summed E-state index contributed by atoms with van der Waals surface area (Å²) in [6.07, 6.45) is 0.736. The normalized spacial score (nSPS) is 18.1. The Balaban J connectivity index is 1.81. The number of halogens is 1. The maximum absolute atomic E-state index is 5.70. The third kappa shape index (κ3) is 3.15. The summed E-state index contributed by atoms with van der Waals surface area (Å²) in [7, 11) is 4.82. The number of hydrogen-bond acceptors (Lipinski definition) is 7. The minimum atomic E-state index is -0.134. The average Bonchev–Trinajstić information content (AvgIpc) is 3.20. The van der Waals surface area contributed by atoms with E-state index in [1.807, 2.05) is 24.3 Å². The van der Waals surface area contributed by atoms with Crippen LogP contribution in [0.15, 0.2) is 40.9 Å². The van der Waals surface area contributed by atoms with E-state index in [1.165, 1.54) is 0 Å². The molecule has 3 aromatic rings. The van der Waals surface area contributed by atoms with Gasteiger partial charge in [0, 0.05) is 10.0 Å². The van der Waals surface area contributed by atoms with Crippen LogP contribution in [0.25, 0.3) is 0 Å². The van der Waals surface area contributed by atoms with Crippen LogP contribution in [0.1, 0.15) is 29.6 Å². The molecule has 0 spiro atoms. The second-order valence-electron chi connectivity index (χ2n) is 6.37. The molecule has 2 aromatic carbocycles. The van der Waals surface area contributed by atoms with Gasteiger partial charge in [0.15, 0.2) is 11.5 Å². The van der Waals surface area contributed by atoms with Crippen molar-refractivity contribution in [1.29, 1.82) is 0 Å². The summed E-state index contributed by atoms with van der Waals surface area (Å²) in [5, 5.41) is 15.6. The Labute approximate surface area is 170 Å². The number of methoxy groups -OCH3 is 3. The fraction of sp³-hybridized carbons (Fsp3) is 0.316. The van der Waals surface area contributed by atoms with Gasteiger partial charge >= 0.3 is 0 Å². The van der Waals surface area contributed by atoms with E-state index in [2.05, 4.69) is 48.9 Å². The lowest BCUT2D eigenvalue weighted by atomic mass is 9.92. The van der Waals surface area contributed by atoms with E-state index in [0.29, 0.717) is 23.2 Å². The molecule has 0 saturated heterocycles. The Hall–Kier alpha value is -2.81. The van der Waals surface area contributed by atoms with Gasteiger partial charge in [-0.1, -0.05) is 33.2 Å². The third-order valence-corrected chi connectivity index (χ3v) is 5.39. The number of nitrogens with zero attached hydrogens (tertiary/aromatic N) is 4. The summed E-state index contributed by atoms with van der Waals surface area (Å²) in [5.41, 5.74) is 2.07. The molecular weight excluding hydrogens is 426 g/mol. The smallest absolute Gasteiger partial charge is 0.243 e. The molecule has 0 unspecified atom stereocenters. The number of ether oxygens (including phenoxy) is 3. The van der Waals surface area contributed by atoms with Crippen LogP contribution in [0.2, 0.25) is 0 Å². The van der Waals surface area contributed by atoms with Gasteiger partial charge in [-0.15, -0.1) is 0 Å². The standard InChI is InChI=1S/C19H20BrN5O3/c1-26-16-8-7-13(17(27-2)18(16)28-3)15-10-14(11-5-4-6-12(20)9-11)21-19-22-23-24-25(15)19/h4-9,14-15H,10H2,1-3H3,(H,21,22,24)/t14-,15-/m0/s1. The van der Waals surface area contributed by atoms with Crippen molar-refractivity contribution in [1.82, 2.24) is 20.2 Å². The Kier molecular flexibility index (Phi) is 5.08. The molecule has 146 valence electrons. The molecule has 0 saturated carbocycles. The highest BCUT2D eigenvalue weighted by atomic mass is 79.9. The summed E-state index contributed by atoms with van der Waals surface area (Å²) < 4.78 is 19.5. The van der Waals surface area contributed by atoms with Gasteiger partial charge in [0.2, 0.25) is 11.7 Å². The van der Waals surface area contributed by atoms with Gasteiger partial charge in [-0.25, -0.2) is 4.68 Å². The lowest BCUT2D eigenvalue weighted by molar-refractivity contribution is 0.315. The number of hydrogen-bond donors (Lipinski definition) is 1. The summed E-state index contributed by atoms with van der Waals surface area (Å²) in [6, 6.07) is 12.0. The van der Waals surface area contributed by atoms with E-state index in [4.69, 9.17) is 14.2 Å². The molecule has 2 atom stereocenters. The zero-order valence-electron chi connectivity index (χ0n) is 15.7. The SMILES string of the molecule is COc1ccc([C@@H]2C[C@@H](c3cccc(Br)c3)Nc3nnnn32)c(OC)c1OC. The van der Waals surface area contributed by atoms with Crippen LogP contribution in [0.5, 0.6) is 17.2 Å². The lowest BCUT2D eigenvalue weighted by Gasteiger charge is -2.32.